The molecule has 0 aliphatic carbocycles. The van der Waals surface area contributed by atoms with Gasteiger partial charge in [0.15, 0.2) is 0 Å². The summed E-state index contributed by atoms with van der Waals surface area (Å²) in [6, 6.07) is 15.4. The van der Waals surface area contributed by atoms with E-state index >= 15 is 0 Å². The van der Waals surface area contributed by atoms with E-state index in [0.29, 0.717) is 12.3 Å². The number of aryl methyl sites for hydroxylation is 2. The highest BCUT2D eigenvalue weighted by Gasteiger charge is 2.38. The van der Waals surface area contributed by atoms with Crippen LogP contribution in [0.15, 0.2) is 48.5 Å². The smallest absolute Gasteiger partial charge is 0.316 e. The number of nitrogens with zero attached hydrogens (tertiary/aromatic N) is 1. The van der Waals surface area contributed by atoms with Crippen LogP contribution in [0.5, 0.6) is 5.75 Å². The van der Waals surface area contributed by atoms with Gasteiger partial charge in [-0.1, -0.05) is 36.4 Å². The zero-order valence-corrected chi connectivity index (χ0v) is 14.9. The Morgan fingerprint density at radius 1 is 1.12 bits per heavy atom. The molecule has 0 bridgehead atoms. The molecule has 1 amide bonds. The number of esters is 1. The van der Waals surface area contributed by atoms with Crippen LogP contribution in [0, 0.1) is 19.8 Å². The molecule has 1 heterocycles. The van der Waals surface area contributed by atoms with Crippen LogP contribution in [0.2, 0.25) is 0 Å². The van der Waals surface area contributed by atoms with E-state index in [1.807, 2.05) is 63.2 Å². The molecule has 25 heavy (non-hydrogen) atoms. The average molecular weight is 337 g/mol. The van der Waals surface area contributed by atoms with Gasteiger partial charge >= 0.3 is 5.97 Å². The monoisotopic (exact) mass is 337 g/mol. The van der Waals surface area contributed by atoms with Crippen molar-refractivity contribution >= 4 is 11.9 Å². The molecule has 4 heteroatoms. The molecule has 0 radical (unpaired) electrons. The Bertz CT molecular complexity index is 785. The highest BCUT2D eigenvalue weighted by atomic mass is 16.5. The van der Waals surface area contributed by atoms with Crippen molar-refractivity contribution in [2.45, 2.75) is 33.2 Å². The van der Waals surface area contributed by atoms with Crippen LogP contribution in [0.25, 0.3) is 0 Å². The molecule has 0 aromatic heterocycles. The summed E-state index contributed by atoms with van der Waals surface area (Å²) in [7, 11) is 0. The van der Waals surface area contributed by atoms with Gasteiger partial charge in [0.1, 0.15) is 5.75 Å². The number of rotatable bonds is 4. The third-order valence-corrected chi connectivity index (χ3v) is 4.94. The van der Waals surface area contributed by atoms with Gasteiger partial charge in [-0.05, 0) is 49.6 Å². The minimum atomic E-state index is -0.416. The van der Waals surface area contributed by atoms with Crippen molar-refractivity contribution in [3.8, 4) is 5.75 Å². The summed E-state index contributed by atoms with van der Waals surface area (Å²) in [4.78, 5) is 26.6. The Kier molecular flexibility index (Phi) is 4.88. The summed E-state index contributed by atoms with van der Waals surface area (Å²) < 4.78 is 5.50. The average Bonchev–Trinajstić information content (AvgIpc) is 3.00. The fourth-order valence-electron chi connectivity index (χ4n) is 3.15. The third-order valence-electron chi connectivity index (χ3n) is 4.94. The first-order valence-electron chi connectivity index (χ1n) is 8.59. The molecule has 0 unspecified atom stereocenters. The fourth-order valence-corrected chi connectivity index (χ4v) is 3.15. The van der Waals surface area contributed by atoms with Gasteiger partial charge in [-0.25, -0.2) is 0 Å². The molecule has 1 aliphatic heterocycles. The molecule has 1 aliphatic rings. The lowest BCUT2D eigenvalue weighted by Gasteiger charge is -2.25. The summed E-state index contributed by atoms with van der Waals surface area (Å²) in [5.41, 5.74) is 3.30. The second-order valence-corrected chi connectivity index (χ2v) is 6.70. The van der Waals surface area contributed by atoms with Crippen molar-refractivity contribution in [3.05, 3.63) is 65.2 Å². The quantitative estimate of drug-likeness (QED) is 0.629. The summed E-state index contributed by atoms with van der Waals surface area (Å²) in [5, 5.41) is 0. The summed E-state index contributed by atoms with van der Waals surface area (Å²) in [6.45, 7) is 6.39. The zero-order chi connectivity index (χ0) is 18.0. The predicted octanol–water partition coefficient (Wildman–Crippen LogP) is 3.82. The van der Waals surface area contributed by atoms with E-state index in [1.54, 1.807) is 11.0 Å². The van der Waals surface area contributed by atoms with Crippen LogP contribution in [0.1, 0.15) is 36.1 Å². The van der Waals surface area contributed by atoms with Gasteiger partial charge in [-0.2, -0.15) is 0 Å². The summed E-state index contributed by atoms with van der Waals surface area (Å²) in [6.07, 6.45) is 0.209. The highest BCUT2D eigenvalue weighted by Crippen LogP contribution is 2.29. The molecule has 0 N–H and O–H groups in total. The van der Waals surface area contributed by atoms with Crippen LogP contribution in [0.3, 0.4) is 0 Å². The first-order chi connectivity index (χ1) is 12.0. The number of carbonyl (C=O) groups is 2. The van der Waals surface area contributed by atoms with E-state index in [1.165, 1.54) is 0 Å². The first-order valence-corrected chi connectivity index (χ1v) is 8.59. The largest absolute Gasteiger partial charge is 0.426 e. The van der Waals surface area contributed by atoms with Crippen molar-refractivity contribution in [1.82, 2.24) is 4.90 Å². The maximum absolute atomic E-state index is 12.5. The number of likely N-dealkylation sites (tertiary alicyclic amines) is 1. The molecule has 2 aromatic carbocycles. The van der Waals surface area contributed by atoms with Crippen LogP contribution in [0.4, 0.5) is 0 Å². The van der Waals surface area contributed by atoms with Gasteiger partial charge in [0.05, 0.1) is 12.0 Å². The van der Waals surface area contributed by atoms with Gasteiger partial charge in [0.25, 0.3) is 0 Å². The van der Waals surface area contributed by atoms with Gasteiger partial charge in [-0.15, -0.1) is 0 Å². The fraction of sp³-hybridized carbons (Fsp3) is 0.333. The molecule has 1 saturated heterocycles. The lowest BCUT2D eigenvalue weighted by molar-refractivity contribution is -0.139. The number of benzene rings is 2. The highest BCUT2D eigenvalue weighted by molar-refractivity contribution is 5.88. The second kappa shape index (κ2) is 7.09. The Morgan fingerprint density at radius 2 is 1.84 bits per heavy atom. The zero-order valence-electron chi connectivity index (χ0n) is 14.9. The number of carbonyl (C=O) groups excluding carboxylic acids is 2. The molecule has 0 saturated carbocycles. The van der Waals surface area contributed by atoms with Gasteiger partial charge in [-0.3, -0.25) is 9.59 Å². The van der Waals surface area contributed by atoms with Crippen molar-refractivity contribution in [1.29, 1.82) is 0 Å². The minimum Gasteiger partial charge on any atom is -0.426 e. The molecule has 2 aromatic rings. The summed E-state index contributed by atoms with van der Waals surface area (Å²) >= 11 is 0. The van der Waals surface area contributed by atoms with E-state index < -0.39 is 5.92 Å². The molecular weight excluding hydrogens is 314 g/mol. The van der Waals surface area contributed by atoms with Gasteiger partial charge in [0.2, 0.25) is 5.91 Å². The van der Waals surface area contributed by atoms with Crippen LogP contribution < -0.4 is 4.74 Å². The third kappa shape index (κ3) is 3.73. The van der Waals surface area contributed by atoms with Crippen molar-refractivity contribution in [2.75, 3.05) is 6.54 Å². The predicted molar refractivity (Wildman–Crippen MR) is 96.2 cm³/mol. The molecule has 3 rings (SSSR count). The van der Waals surface area contributed by atoms with E-state index in [4.69, 9.17) is 4.74 Å². The Balaban J connectivity index is 1.67. The molecule has 4 nitrogen and oxygen atoms in total. The SMILES string of the molecule is Cc1ccc(OC(=O)[C@@H]2CC(=O)N([C@H](C)c3ccccc3)C2)cc1C. The van der Waals surface area contributed by atoms with Crippen molar-refractivity contribution in [3.63, 3.8) is 0 Å². The first kappa shape index (κ1) is 17.2. The van der Waals surface area contributed by atoms with Crippen LogP contribution in [-0.2, 0) is 9.59 Å². The van der Waals surface area contributed by atoms with E-state index in [2.05, 4.69) is 0 Å². The lowest BCUT2D eigenvalue weighted by atomic mass is 10.1. The standard InChI is InChI=1S/C21H23NO3/c1-14-9-10-19(11-15(14)2)25-21(24)18-12-20(23)22(13-18)16(3)17-7-5-4-6-8-17/h4-11,16,18H,12-13H2,1-3H3/t16-,18-/m1/s1. The topological polar surface area (TPSA) is 46.6 Å². The van der Waals surface area contributed by atoms with Gasteiger partial charge in [0, 0.05) is 13.0 Å². The number of hydrogen-bond donors (Lipinski definition) is 0. The Hall–Kier alpha value is -2.62. The van der Waals surface area contributed by atoms with Crippen LogP contribution in [-0.4, -0.2) is 23.3 Å². The molecule has 130 valence electrons. The van der Waals surface area contributed by atoms with E-state index in [-0.39, 0.29) is 24.3 Å². The van der Waals surface area contributed by atoms with Crippen molar-refractivity contribution < 1.29 is 14.3 Å². The minimum absolute atomic E-state index is 0.00149. The van der Waals surface area contributed by atoms with Crippen molar-refractivity contribution in [2.24, 2.45) is 5.92 Å². The maximum Gasteiger partial charge on any atom is 0.316 e. The van der Waals surface area contributed by atoms with Crippen LogP contribution >= 0.6 is 0 Å². The lowest BCUT2D eigenvalue weighted by Crippen LogP contribution is -2.30. The normalized spacial score (nSPS) is 18.3. The molecule has 2 atom stereocenters. The van der Waals surface area contributed by atoms with Gasteiger partial charge < -0.3 is 9.64 Å². The number of ether oxygens (including phenoxy) is 1. The Labute approximate surface area is 148 Å². The molecule has 1 fully saturated rings. The number of hydrogen-bond acceptors (Lipinski definition) is 3. The Morgan fingerprint density at radius 3 is 2.52 bits per heavy atom. The van der Waals surface area contributed by atoms with E-state index in [9.17, 15) is 9.59 Å². The maximum atomic E-state index is 12.5. The molecule has 0 spiro atoms. The second-order valence-electron chi connectivity index (χ2n) is 6.70. The number of amides is 1. The summed E-state index contributed by atoms with van der Waals surface area (Å²) in [5.74, 6) is -0.215. The molecular formula is C21H23NO3. The van der Waals surface area contributed by atoms with E-state index in [0.717, 1.165) is 16.7 Å².